The highest BCUT2D eigenvalue weighted by Crippen LogP contribution is 2.26. The van der Waals surface area contributed by atoms with Crippen molar-refractivity contribution in [2.45, 2.75) is 52.7 Å². The number of carbonyl (C=O) groups is 2. The molecule has 33 heavy (non-hydrogen) atoms. The molecule has 0 bridgehead atoms. The van der Waals surface area contributed by atoms with Gasteiger partial charge >= 0.3 is 0 Å². The van der Waals surface area contributed by atoms with E-state index in [9.17, 15) is 9.59 Å². The van der Waals surface area contributed by atoms with Gasteiger partial charge in [-0.3, -0.25) is 9.59 Å². The standard InChI is InChI=1S/C27H37N3O3/c1-19(2)14-26(31)28-23-11-12-25(29(4)5)22(16-23)17-30(18-24-10-7-13-33-24)27(32)21-9-6-8-20(3)15-21/h6,8-9,11-12,15-16,19,24H,7,10,13-14,17-18H2,1-5H3,(H,28,31)/t24-/m1/s1. The Balaban J connectivity index is 1.89. The Morgan fingerprint density at radius 2 is 1.94 bits per heavy atom. The van der Waals surface area contributed by atoms with Crippen molar-refractivity contribution in [3.63, 3.8) is 0 Å². The van der Waals surface area contributed by atoms with Crippen molar-refractivity contribution >= 4 is 23.2 Å². The lowest BCUT2D eigenvalue weighted by Gasteiger charge is -2.28. The Morgan fingerprint density at radius 1 is 1.15 bits per heavy atom. The van der Waals surface area contributed by atoms with Crippen LogP contribution in [0.25, 0.3) is 0 Å². The number of aryl methyl sites for hydroxylation is 1. The zero-order valence-electron chi connectivity index (χ0n) is 20.6. The molecular formula is C27H37N3O3. The van der Waals surface area contributed by atoms with E-state index in [1.807, 2.05) is 87.1 Å². The maximum atomic E-state index is 13.5. The molecule has 3 rings (SSSR count). The van der Waals surface area contributed by atoms with Gasteiger partial charge in [-0.15, -0.1) is 0 Å². The summed E-state index contributed by atoms with van der Waals surface area (Å²) < 4.78 is 5.86. The van der Waals surface area contributed by atoms with Crippen LogP contribution in [0.4, 0.5) is 11.4 Å². The summed E-state index contributed by atoms with van der Waals surface area (Å²) in [5.74, 6) is 0.285. The van der Waals surface area contributed by atoms with Gasteiger partial charge < -0.3 is 19.9 Å². The molecule has 2 amide bonds. The predicted molar refractivity (Wildman–Crippen MR) is 134 cm³/mol. The van der Waals surface area contributed by atoms with Crippen LogP contribution in [0.15, 0.2) is 42.5 Å². The summed E-state index contributed by atoms with van der Waals surface area (Å²) in [6.07, 6.45) is 2.51. The highest BCUT2D eigenvalue weighted by Gasteiger charge is 2.25. The van der Waals surface area contributed by atoms with E-state index in [-0.39, 0.29) is 17.9 Å². The minimum atomic E-state index is -0.00634. The van der Waals surface area contributed by atoms with Crippen LogP contribution in [0.5, 0.6) is 0 Å². The first kappa shape index (κ1) is 24.8. The van der Waals surface area contributed by atoms with E-state index in [2.05, 4.69) is 5.32 Å². The fourth-order valence-corrected chi connectivity index (χ4v) is 4.23. The molecule has 1 aliphatic rings. The second-order valence-electron chi connectivity index (χ2n) is 9.57. The molecule has 0 aliphatic carbocycles. The molecular weight excluding hydrogens is 414 g/mol. The van der Waals surface area contributed by atoms with Crippen molar-refractivity contribution in [1.29, 1.82) is 0 Å². The maximum absolute atomic E-state index is 13.5. The Hall–Kier alpha value is -2.86. The van der Waals surface area contributed by atoms with Crippen LogP contribution in [0.3, 0.4) is 0 Å². The maximum Gasteiger partial charge on any atom is 0.254 e. The van der Waals surface area contributed by atoms with Gasteiger partial charge in [0, 0.05) is 57.2 Å². The Bertz CT molecular complexity index is 965. The fourth-order valence-electron chi connectivity index (χ4n) is 4.23. The number of nitrogens with one attached hydrogen (secondary N) is 1. The lowest BCUT2D eigenvalue weighted by Crippen LogP contribution is -2.37. The van der Waals surface area contributed by atoms with E-state index in [0.29, 0.717) is 31.0 Å². The smallest absolute Gasteiger partial charge is 0.254 e. The second-order valence-corrected chi connectivity index (χ2v) is 9.57. The van der Waals surface area contributed by atoms with Gasteiger partial charge in [0.2, 0.25) is 5.91 Å². The molecule has 1 atom stereocenters. The molecule has 1 fully saturated rings. The summed E-state index contributed by atoms with van der Waals surface area (Å²) >= 11 is 0. The summed E-state index contributed by atoms with van der Waals surface area (Å²) in [5.41, 5.74) is 4.50. The average Bonchev–Trinajstić information content (AvgIpc) is 3.25. The molecule has 1 N–H and O–H groups in total. The quantitative estimate of drug-likeness (QED) is 0.591. The third-order valence-corrected chi connectivity index (χ3v) is 5.80. The lowest BCUT2D eigenvalue weighted by atomic mass is 10.1. The molecule has 0 spiro atoms. The van der Waals surface area contributed by atoms with Crippen molar-refractivity contribution in [3.05, 3.63) is 59.2 Å². The highest BCUT2D eigenvalue weighted by molar-refractivity contribution is 5.94. The first-order chi connectivity index (χ1) is 15.7. The van der Waals surface area contributed by atoms with Crippen molar-refractivity contribution in [1.82, 2.24) is 4.90 Å². The first-order valence-electron chi connectivity index (χ1n) is 11.8. The van der Waals surface area contributed by atoms with Crippen LogP contribution in [-0.2, 0) is 16.1 Å². The number of ether oxygens (including phenoxy) is 1. The van der Waals surface area contributed by atoms with Crippen LogP contribution in [0.2, 0.25) is 0 Å². The van der Waals surface area contributed by atoms with Crippen molar-refractivity contribution < 1.29 is 14.3 Å². The van der Waals surface area contributed by atoms with E-state index in [4.69, 9.17) is 4.74 Å². The van der Waals surface area contributed by atoms with Crippen LogP contribution < -0.4 is 10.2 Å². The zero-order chi connectivity index (χ0) is 24.0. The number of nitrogens with zero attached hydrogens (tertiary/aromatic N) is 2. The Labute approximate surface area is 197 Å². The van der Waals surface area contributed by atoms with Crippen LogP contribution in [-0.4, -0.2) is 50.1 Å². The van der Waals surface area contributed by atoms with Crippen molar-refractivity contribution in [2.75, 3.05) is 37.5 Å². The van der Waals surface area contributed by atoms with Gasteiger partial charge in [0.05, 0.1) is 6.10 Å². The van der Waals surface area contributed by atoms with Crippen LogP contribution in [0.1, 0.15) is 54.6 Å². The van der Waals surface area contributed by atoms with E-state index in [1.165, 1.54) is 0 Å². The van der Waals surface area contributed by atoms with Crippen molar-refractivity contribution in [2.24, 2.45) is 5.92 Å². The molecule has 1 saturated heterocycles. The van der Waals surface area contributed by atoms with Gasteiger partial charge in [-0.1, -0.05) is 31.5 Å². The van der Waals surface area contributed by atoms with Gasteiger partial charge in [-0.05, 0) is 61.6 Å². The number of hydrogen-bond donors (Lipinski definition) is 1. The molecule has 178 valence electrons. The summed E-state index contributed by atoms with van der Waals surface area (Å²) in [6, 6.07) is 13.6. The fraction of sp³-hybridized carbons (Fsp3) is 0.481. The number of amides is 2. The molecule has 2 aromatic rings. The normalized spacial score (nSPS) is 15.5. The molecule has 2 aromatic carbocycles. The van der Waals surface area contributed by atoms with Gasteiger partial charge in [0.25, 0.3) is 5.91 Å². The number of anilines is 2. The third kappa shape index (κ3) is 7.06. The molecule has 6 nitrogen and oxygen atoms in total. The molecule has 1 heterocycles. The summed E-state index contributed by atoms with van der Waals surface area (Å²) in [5, 5.41) is 3.01. The minimum absolute atomic E-state index is 0.000557. The average molecular weight is 452 g/mol. The highest BCUT2D eigenvalue weighted by atomic mass is 16.5. The van der Waals surface area contributed by atoms with Crippen molar-refractivity contribution in [3.8, 4) is 0 Å². The summed E-state index contributed by atoms with van der Waals surface area (Å²) in [6.45, 7) is 7.78. The summed E-state index contributed by atoms with van der Waals surface area (Å²) in [7, 11) is 3.98. The van der Waals surface area contributed by atoms with E-state index in [0.717, 1.165) is 42.0 Å². The number of carbonyl (C=O) groups excluding carboxylic acids is 2. The minimum Gasteiger partial charge on any atom is -0.377 e. The lowest BCUT2D eigenvalue weighted by molar-refractivity contribution is -0.116. The van der Waals surface area contributed by atoms with Gasteiger partial charge in [-0.2, -0.15) is 0 Å². The van der Waals surface area contributed by atoms with Gasteiger partial charge in [-0.25, -0.2) is 0 Å². The number of hydrogen-bond acceptors (Lipinski definition) is 4. The summed E-state index contributed by atoms with van der Waals surface area (Å²) in [4.78, 5) is 29.8. The topological polar surface area (TPSA) is 61.9 Å². The number of benzene rings is 2. The van der Waals surface area contributed by atoms with Crippen LogP contribution in [0, 0.1) is 12.8 Å². The molecule has 6 heteroatoms. The van der Waals surface area contributed by atoms with Gasteiger partial charge in [0.15, 0.2) is 0 Å². The molecule has 0 radical (unpaired) electrons. The zero-order valence-corrected chi connectivity index (χ0v) is 20.6. The SMILES string of the molecule is Cc1cccc(C(=O)N(Cc2cc(NC(=O)CC(C)C)ccc2N(C)C)C[C@H]2CCCO2)c1. The Kier molecular flexibility index (Phi) is 8.50. The van der Waals surface area contributed by atoms with E-state index >= 15 is 0 Å². The third-order valence-electron chi connectivity index (χ3n) is 5.80. The molecule has 0 saturated carbocycles. The van der Waals surface area contributed by atoms with Gasteiger partial charge in [0.1, 0.15) is 0 Å². The second kappa shape index (κ2) is 11.3. The monoisotopic (exact) mass is 451 g/mol. The van der Waals surface area contributed by atoms with Crippen LogP contribution >= 0.6 is 0 Å². The predicted octanol–water partition coefficient (Wildman–Crippen LogP) is 4.87. The Morgan fingerprint density at radius 3 is 2.58 bits per heavy atom. The van der Waals surface area contributed by atoms with E-state index in [1.54, 1.807) is 0 Å². The van der Waals surface area contributed by atoms with E-state index < -0.39 is 0 Å². The molecule has 1 aliphatic heterocycles. The number of rotatable bonds is 9. The largest absolute Gasteiger partial charge is 0.377 e. The molecule has 0 unspecified atom stereocenters. The molecule has 0 aromatic heterocycles. The first-order valence-corrected chi connectivity index (χ1v) is 11.8.